The number of furan rings is 1. The summed E-state index contributed by atoms with van der Waals surface area (Å²) in [6.07, 6.45) is 0. The normalized spacial score (nSPS) is 12.0. The predicted octanol–water partition coefficient (Wildman–Crippen LogP) is 14.5. The molecule has 3 heterocycles. The molecule has 0 N–H and O–H groups in total. The van der Waals surface area contributed by atoms with E-state index >= 15 is 0 Å². The molecule has 0 spiro atoms. The third-order valence-corrected chi connectivity index (χ3v) is 12.2. The van der Waals surface area contributed by atoms with Crippen LogP contribution in [0.15, 0.2) is 199 Å². The summed E-state index contributed by atoms with van der Waals surface area (Å²) >= 11 is 0. The second-order valence-electron chi connectivity index (χ2n) is 15.6. The smallest absolute Gasteiger partial charge is 0.238 e. The summed E-state index contributed by atoms with van der Waals surface area (Å²) in [5, 5.41) is 13.9. The maximum Gasteiger partial charge on any atom is 0.238 e. The quantitative estimate of drug-likeness (QED) is 0.179. The van der Waals surface area contributed by atoms with Gasteiger partial charge >= 0.3 is 0 Å². The molecular weight excluding hydrogens is 733 g/mol. The standard InChI is InChI=1S/C55H32N4O/c1-3-14-39-31-49-47(29-38(39)13-1)52-44-18-8-6-11-34(44)24-26-48(52)59(49)55-57-53(36-22-20-35(21-23-36)43-19-9-16-33-10-5-7-17-42(33)43)56-54(58-55)41-25-27-50-45(30-41)46-28-37-12-2-4-15-40(37)32-51(46)60-50/h1-32H. The molecule has 60 heavy (non-hydrogen) atoms. The highest BCUT2D eigenvalue weighted by Crippen LogP contribution is 2.40. The highest BCUT2D eigenvalue weighted by atomic mass is 16.3. The van der Waals surface area contributed by atoms with Gasteiger partial charge in [-0.1, -0.05) is 146 Å². The van der Waals surface area contributed by atoms with Crippen molar-refractivity contribution in [1.29, 1.82) is 0 Å². The summed E-state index contributed by atoms with van der Waals surface area (Å²) in [5.74, 6) is 1.74. The summed E-state index contributed by atoms with van der Waals surface area (Å²) in [5.41, 5.74) is 7.87. The van der Waals surface area contributed by atoms with E-state index in [1.807, 2.05) is 6.07 Å². The van der Waals surface area contributed by atoms with Crippen LogP contribution in [0.4, 0.5) is 0 Å². The van der Waals surface area contributed by atoms with E-state index in [9.17, 15) is 0 Å². The maximum absolute atomic E-state index is 6.41. The average molecular weight is 765 g/mol. The molecular formula is C55H32N4O. The summed E-state index contributed by atoms with van der Waals surface area (Å²) in [7, 11) is 0. The van der Waals surface area contributed by atoms with Crippen molar-refractivity contribution in [2.24, 2.45) is 0 Å². The first-order valence-electron chi connectivity index (χ1n) is 20.3. The number of fused-ring (bicyclic) bond motifs is 11. The Kier molecular flexibility index (Phi) is 6.95. The Morgan fingerprint density at radius 3 is 1.67 bits per heavy atom. The molecule has 10 aromatic carbocycles. The van der Waals surface area contributed by atoms with Crippen LogP contribution in [-0.4, -0.2) is 19.5 Å². The molecule has 13 aromatic rings. The van der Waals surface area contributed by atoms with Crippen molar-refractivity contribution < 1.29 is 4.42 Å². The van der Waals surface area contributed by atoms with Crippen molar-refractivity contribution >= 4 is 86.8 Å². The van der Waals surface area contributed by atoms with E-state index < -0.39 is 0 Å². The van der Waals surface area contributed by atoms with Gasteiger partial charge < -0.3 is 4.42 Å². The van der Waals surface area contributed by atoms with E-state index in [1.165, 1.54) is 43.3 Å². The molecule has 0 aliphatic heterocycles. The molecule has 0 fully saturated rings. The monoisotopic (exact) mass is 764 g/mol. The molecule has 0 saturated carbocycles. The molecule has 13 rings (SSSR count). The zero-order valence-electron chi connectivity index (χ0n) is 32.2. The summed E-state index contributed by atoms with van der Waals surface area (Å²) in [6.45, 7) is 0. The van der Waals surface area contributed by atoms with Crippen LogP contribution in [-0.2, 0) is 0 Å². The Morgan fingerprint density at radius 1 is 0.333 bits per heavy atom. The number of hydrogen-bond acceptors (Lipinski definition) is 4. The predicted molar refractivity (Wildman–Crippen MR) is 248 cm³/mol. The highest BCUT2D eigenvalue weighted by molar-refractivity contribution is 6.23. The molecule has 5 nitrogen and oxygen atoms in total. The molecule has 5 heteroatoms. The Bertz CT molecular complexity index is 3890. The second-order valence-corrected chi connectivity index (χ2v) is 15.6. The Hall–Kier alpha value is -8.15. The first-order chi connectivity index (χ1) is 29.7. The van der Waals surface area contributed by atoms with Crippen LogP contribution in [0.3, 0.4) is 0 Å². The van der Waals surface area contributed by atoms with Crippen LogP contribution in [0.2, 0.25) is 0 Å². The Balaban J connectivity index is 1.07. The van der Waals surface area contributed by atoms with Gasteiger partial charge in [0.1, 0.15) is 11.2 Å². The van der Waals surface area contributed by atoms with Gasteiger partial charge in [-0.2, -0.15) is 9.97 Å². The summed E-state index contributed by atoms with van der Waals surface area (Å²) in [6, 6.07) is 68.7. The zero-order valence-corrected chi connectivity index (χ0v) is 32.2. The van der Waals surface area contributed by atoms with E-state index in [0.29, 0.717) is 17.6 Å². The van der Waals surface area contributed by atoms with Gasteiger partial charge in [-0.25, -0.2) is 4.98 Å². The lowest BCUT2D eigenvalue weighted by Crippen LogP contribution is -2.06. The topological polar surface area (TPSA) is 56.7 Å². The molecule has 0 atom stereocenters. The van der Waals surface area contributed by atoms with E-state index in [2.05, 4.69) is 193 Å². The number of hydrogen-bond donors (Lipinski definition) is 0. The minimum absolute atomic E-state index is 0.557. The minimum Gasteiger partial charge on any atom is -0.456 e. The number of rotatable bonds is 4. The van der Waals surface area contributed by atoms with Crippen LogP contribution in [0.1, 0.15) is 0 Å². The Labute approximate surface area is 343 Å². The van der Waals surface area contributed by atoms with Crippen LogP contribution in [0, 0.1) is 0 Å². The lowest BCUT2D eigenvalue weighted by Gasteiger charge is -2.12. The van der Waals surface area contributed by atoms with E-state index in [-0.39, 0.29) is 0 Å². The van der Waals surface area contributed by atoms with E-state index in [1.54, 1.807) is 0 Å². The SMILES string of the molecule is c1ccc2cc3c(cc2c1)oc1ccc(-c2nc(-c4ccc(-c5cccc6ccccc56)cc4)nc(-n4c5cc6ccccc6cc5c5c6ccccc6ccc54)n2)cc13. The molecule has 0 amide bonds. The molecule has 0 aliphatic carbocycles. The fraction of sp³-hybridized carbons (Fsp3) is 0. The van der Waals surface area contributed by atoms with Crippen LogP contribution in [0.25, 0.3) is 127 Å². The van der Waals surface area contributed by atoms with Gasteiger partial charge in [-0.3, -0.25) is 4.57 Å². The minimum atomic E-state index is 0.557. The van der Waals surface area contributed by atoms with Gasteiger partial charge in [0, 0.05) is 32.7 Å². The van der Waals surface area contributed by atoms with Crippen LogP contribution in [0.5, 0.6) is 0 Å². The molecule has 0 radical (unpaired) electrons. The van der Waals surface area contributed by atoms with Crippen molar-refractivity contribution in [1.82, 2.24) is 19.5 Å². The van der Waals surface area contributed by atoms with Gasteiger partial charge in [0.05, 0.1) is 11.0 Å². The Morgan fingerprint density at radius 2 is 0.900 bits per heavy atom. The van der Waals surface area contributed by atoms with Crippen molar-refractivity contribution in [3.8, 4) is 39.9 Å². The van der Waals surface area contributed by atoms with Crippen molar-refractivity contribution in [3.63, 3.8) is 0 Å². The number of nitrogens with zero attached hydrogens (tertiary/aromatic N) is 4. The van der Waals surface area contributed by atoms with Gasteiger partial charge in [-0.15, -0.1) is 0 Å². The third kappa shape index (κ3) is 5.03. The van der Waals surface area contributed by atoms with Gasteiger partial charge in [0.15, 0.2) is 11.6 Å². The van der Waals surface area contributed by atoms with Gasteiger partial charge in [0.25, 0.3) is 0 Å². The first-order valence-corrected chi connectivity index (χ1v) is 20.3. The van der Waals surface area contributed by atoms with E-state index in [4.69, 9.17) is 19.4 Å². The largest absolute Gasteiger partial charge is 0.456 e. The van der Waals surface area contributed by atoms with E-state index in [0.717, 1.165) is 65.8 Å². The fourth-order valence-corrected chi connectivity index (χ4v) is 9.29. The van der Waals surface area contributed by atoms with Crippen molar-refractivity contribution in [2.75, 3.05) is 0 Å². The van der Waals surface area contributed by atoms with Gasteiger partial charge in [0.2, 0.25) is 5.95 Å². The fourth-order valence-electron chi connectivity index (χ4n) is 9.29. The molecule has 278 valence electrons. The number of aromatic nitrogens is 4. The second kappa shape index (κ2) is 12.7. The molecule has 0 bridgehead atoms. The van der Waals surface area contributed by atoms with Crippen LogP contribution < -0.4 is 0 Å². The highest BCUT2D eigenvalue weighted by Gasteiger charge is 2.21. The zero-order chi connectivity index (χ0) is 39.3. The van der Waals surface area contributed by atoms with Gasteiger partial charge in [-0.05, 0) is 103 Å². The summed E-state index contributed by atoms with van der Waals surface area (Å²) in [4.78, 5) is 16.0. The lowest BCUT2D eigenvalue weighted by molar-refractivity contribution is 0.669. The maximum atomic E-state index is 6.41. The molecule has 0 saturated heterocycles. The average Bonchev–Trinajstić information content (AvgIpc) is 3.84. The molecule has 0 aliphatic rings. The third-order valence-electron chi connectivity index (χ3n) is 12.2. The molecule has 0 unspecified atom stereocenters. The summed E-state index contributed by atoms with van der Waals surface area (Å²) < 4.78 is 8.63. The molecule has 3 aromatic heterocycles. The number of benzene rings is 10. The first kappa shape index (κ1) is 32.9. The van der Waals surface area contributed by atoms with Crippen LogP contribution >= 0.6 is 0 Å². The lowest BCUT2D eigenvalue weighted by atomic mass is 9.97. The van der Waals surface area contributed by atoms with Crippen molar-refractivity contribution in [2.45, 2.75) is 0 Å². The van der Waals surface area contributed by atoms with Crippen molar-refractivity contribution in [3.05, 3.63) is 194 Å².